The van der Waals surface area contributed by atoms with E-state index >= 15 is 0 Å². The van der Waals surface area contributed by atoms with Crippen molar-refractivity contribution in [1.82, 2.24) is 9.97 Å². The van der Waals surface area contributed by atoms with Crippen LogP contribution in [0.1, 0.15) is 0 Å². The van der Waals surface area contributed by atoms with Gasteiger partial charge in [0.05, 0.1) is 10.6 Å². The van der Waals surface area contributed by atoms with Crippen LogP contribution in [0.15, 0.2) is 60.8 Å². The number of benzene rings is 2. The first-order chi connectivity index (χ1) is 14.2. The second-order valence-corrected chi connectivity index (χ2v) is 5.81. The van der Waals surface area contributed by atoms with Crippen molar-refractivity contribution in [3.8, 4) is 17.0 Å². The third-order valence-corrected chi connectivity index (χ3v) is 3.74. The molecule has 0 saturated carbocycles. The third-order valence-electron chi connectivity index (χ3n) is 3.74. The third kappa shape index (κ3) is 5.88. The van der Waals surface area contributed by atoms with E-state index < -0.39 is 29.2 Å². The van der Waals surface area contributed by atoms with Gasteiger partial charge in [0.15, 0.2) is 0 Å². The van der Waals surface area contributed by atoms with E-state index in [4.69, 9.17) is 0 Å². The van der Waals surface area contributed by atoms with Gasteiger partial charge in [-0.15, -0.1) is 0 Å². The largest absolute Gasteiger partial charge is 1.00 e. The molecule has 0 bridgehead atoms. The second-order valence-electron chi connectivity index (χ2n) is 5.81. The zero-order valence-electron chi connectivity index (χ0n) is 15.8. The van der Waals surface area contributed by atoms with Crippen LogP contribution in [0.25, 0.3) is 11.3 Å². The summed E-state index contributed by atoms with van der Waals surface area (Å²) in [5.74, 6) is -1.06. The fourth-order valence-electron chi connectivity index (χ4n) is 2.38. The topological polar surface area (TPSA) is 104 Å². The molecule has 8 nitrogen and oxygen atoms in total. The van der Waals surface area contributed by atoms with Crippen molar-refractivity contribution in [3.05, 3.63) is 76.1 Å². The number of ether oxygens (including phenoxy) is 1. The van der Waals surface area contributed by atoms with Crippen molar-refractivity contribution in [3.63, 3.8) is 0 Å². The molecule has 0 aliphatic carbocycles. The number of hydrogen-bond donors (Lipinski definition) is 0. The summed E-state index contributed by atoms with van der Waals surface area (Å²) >= 11 is 0. The minimum atomic E-state index is -4.73. The van der Waals surface area contributed by atoms with Crippen molar-refractivity contribution in [2.75, 3.05) is 5.06 Å². The van der Waals surface area contributed by atoms with Gasteiger partial charge in [-0.25, -0.2) is 9.97 Å². The summed E-state index contributed by atoms with van der Waals surface area (Å²) in [5, 5.41) is 23.6. The average molecular weight is 446 g/mol. The molecule has 0 amide bonds. The van der Waals surface area contributed by atoms with Crippen molar-refractivity contribution >= 4 is 17.3 Å². The molecule has 13 heteroatoms. The number of nitro groups is 1. The number of anilines is 2. The summed E-state index contributed by atoms with van der Waals surface area (Å²) in [4.78, 5) is 18.1. The quantitative estimate of drug-likeness (QED) is 0.236. The van der Waals surface area contributed by atoms with Crippen LogP contribution in [0.3, 0.4) is 0 Å². The predicted octanol–water partition coefficient (Wildman–Crippen LogP) is 1.93. The molecular weight excluding hydrogens is 435 g/mol. The molecule has 0 unspecified atom stereocenters. The number of aromatic nitrogens is 2. The smallest absolute Gasteiger partial charge is 0.752 e. The van der Waals surface area contributed by atoms with Gasteiger partial charge in [0, 0.05) is 35.6 Å². The molecule has 1 aromatic heterocycles. The van der Waals surface area contributed by atoms with Crippen LogP contribution in [0.2, 0.25) is 0 Å². The van der Waals surface area contributed by atoms with E-state index in [1.54, 1.807) is 0 Å². The van der Waals surface area contributed by atoms with Crippen LogP contribution in [0.5, 0.6) is 5.75 Å². The molecule has 2 aromatic carbocycles. The van der Waals surface area contributed by atoms with Crippen LogP contribution in [0, 0.1) is 15.3 Å². The first kappa shape index (κ1) is 24.5. The Morgan fingerprint density at radius 1 is 1.10 bits per heavy atom. The minimum Gasteiger partial charge on any atom is -0.752 e. The fraction of sp³-hybridized carbons (Fsp3) is 0.111. The molecule has 0 atom stereocenters. The maximum absolute atomic E-state index is 13.1. The van der Waals surface area contributed by atoms with Gasteiger partial charge >= 0.3 is 42.1 Å². The summed E-state index contributed by atoms with van der Waals surface area (Å²) in [7, 11) is 0. The Labute approximate surface area is 194 Å². The number of nitro benzene ring substituents is 1. The minimum absolute atomic E-state index is 0. The SMILES string of the molecule is O=[N+]([O-])c1cccc(-c2ccnc(N([O-])c3cccc(OC(F)(F)C(F)F)c3)n2)c1.[Na+]. The number of hydrogen-bond acceptors (Lipinski definition) is 7. The molecule has 3 aromatic rings. The molecular formula is C18H11F4N4NaO4. The van der Waals surface area contributed by atoms with Gasteiger partial charge in [-0.1, -0.05) is 18.2 Å². The molecule has 0 N–H and O–H groups in total. The normalized spacial score (nSPS) is 11.0. The Hall–Kier alpha value is -2.80. The molecule has 31 heavy (non-hydrogen) atoms. The molecule has 0 saturated heterocycles. The molecule has 3 rings (SSSR count). The van der Waals surface area contributed by atoms with Crippen LogP contribution in [-0.2, 0) is 0 Å². The van der Waals surface area contributed by atoms with Crippen molar-refractivity contribution < 1.29 is 56.8 Å². The Morgan fingerprint density at radius 2 is 1.81 bits per heavy atom. The van der Waals surface area contributed by atoms with Gasteiger partial charge in [0.2, 0.25) is 5.95 Å². The monoisotopic (exact) mass is 446 g/mol. The maximum Gasteiger partial charge on any atom is 1.00 e. The van der Waals surface area contributed by atoms with Gasteiger partial charge in [0.1, 0.15) is 5.75 Å². The van der Waals surface area contributed by atoms with E-state index in [1.807, 2.05) is 0 Å². The van der Waals surface area contributed by atoms with E-state index in [1.165, 1.54) is 42.6 Å². The summed E-state index contributed by atoms with van der Waals surface area (Å²) in [6.07, 6.45) is -7.56. The molecule has 1 heterocycles. The van der Waals surface area contributed by atoms with Gasteiger partial charge in [0.25, 0.3) is 5.69 Å². The van der Waals surface area contributed by atoms with E-state index in [0.717, 1.165) is 18.2 Å². The molecule has 156 valence electrons. The number of rotatable bonds is 7. The summed E-state index contributed by atoms with van der Waals surface area (Å²) in [6, 6.07) is 11.1. The Bertz CT molecular complexity index is 1070. The molecule has 0 radical (unpaired) electrons. The van der Waals surface area contributed by atoms with Gasteiger partial charge < -0.3 is 15.0 Å². The van der Waals surface area contributed by atoms with Gasteiger partial charge in [-0.2, -0.15) is 17.6 Å². The molecule has 0 aliphatic heterocycles. The zero-order valence-corrected chi connectivity index (χ0v) is 17.8. The first-order valence-corrected chi connectivity index (χ1v) is 8.17. The fourth-order valence-corrected chi connectivity index (χ4v) is 2.38. The Kier molecular flexibility index (Phi) is 7.90. The maximum atomic E-state index is 13.1. The standard InChI is InChI=1S/C18H11F4N4O4.Na/c19-16(20)18(21,22)30-14-6-2-4-12(10-14)25(27)17-23-8-7-15(24-17)11-3-1-5-13(9-11)26(28)29;/h1-10,16H;/q-1;+1. The van der Waals surface area contributed by atoms with Crippen molar-refractivity contribution in [1.29, 1.82) is 0 Å². The number of nitrogens with zero attached hydrogens (tertiary/aromatic N) is 4. The summed E-state index contributed by atoms with van der Waals surface area (Å²) in [6.45, 7) is 0. The predicted molar refractivity (Wildman–Crippen MR) is 97.6 cm³/mol. The summed E-state index contributed by atoms with van der Waals surface area (Å²) in [5.41, 5.74) is 0.0984. The average Bonchev–Trinajstić information content (AvgIpc) is 2.73. The van der Waals surface area contributed by atoms with Crippen LogP contribution < -0.4 is 39.4 Å². The van der Waals surface area contributed by atoms with E-state index in [-0.39, 0.29) is 51.7 Å². The van der Waals surface area contributed by atoms with Crippen LogP contribution >= 0.6 is 0 Å². The van der Waals surface area contributed by atoms with Crippen molar-refractivity contribution in [2.24, 2.45) is 0 Å². The van der Waals surface area contributed by atoms with E-state index in [9.17, 15) is 32.9 Å². The summed E-state index contributed by atoms with van der Waals surface area (Å²) < 4.78 is 54.7. The van der Waals surface area contributed by atoms with Crippen LogP contribution in [-0.4, -0.2) is 27.4 Å². The van der Waals surface area contributed by atoms with E-state index in [0.29, 0.717) is 5.56 Å². The Balaban J connectivity index is 0.00000341. The van der Waals surface area contributed by atoms with Crippen LogP contribution in [0.4, 0.5) is 34.9 Å². The van der Waals surface area contributed by atoms with Gasteiger partial charge in [-0.3, -0.25) is 10.1 Å². The number of non-ortho nitro benzene ring substituents is 1. The molecule has 0 spiro atoms. The van der Waals surface area contributed by atoms with E-state index in [2.05, 4.69) is 14.7 Å². The zero-order chi connectivity index (χ0) is 21.9. The van der Waals surface area contributed by atoms with Gasteiger partial charge in [-0.05, 0) is 18.2 Å². The van der Waals surface area contributed by atoms with Crippen molar-refractivity contribution in [2.45, 2.75) is 12.5 Å². The Morgan fingerprint density at radius 3 is 2.48 bits per heavy atom. The molecule has 0 fully saturated rings. The first-order valence-electron chi connectivity index (χ1n) is 8.17. The number of alkyl halides is 4. The second kappa shape index (κ2) is 10.0. The number of halogens is 4. The molecule has 0 aliphatic rings.